The van der Waals surface area contributed by atoms with Gasteiger partial charge in [-0.3, -0.25) is 0 Å². The molecule has 0 saturated carbocycles. The van der Waals surface area contributed by atoms with Gasteiger partial charge in [0.1, 0.15) is 0 Å². The monoisotopic (exact) mass is 267 g/mol. The summed E-state index contributed by atoms with van der Waals surface area (Å²) in [5, 5.41) is 0. The summed E-state index contributed by atoms with van der Waals surface area (Å²) >= 11 is 0. The first-order valence-electron chi connectivity index (χ1n) is 6.48. The van der Waals surface area contributed by atoms with Crippen LogP contribution in [0.1, 0.15) is 30.9 Å². The molecule has 0 spiro atoms. The number of hydrogen-bond acceptors (Lipinski definition) is 2. The summed E-state index contributed by atoms with van der Waals surface area (Å²) in [6.45, 7) is 7.36. The number of piperidine rings is 1. The molecule has 0 unspecified atom stereocenters. The van der Waals surface area contributed by atoms with Gasteiger partial charge in [0, 0.05) is 13.1 Å². The SMILES string of the molecule is Cc1ccc(S(=O)(=O)N2CCC[C@H](C)C2)cc1C. The smallest absolute Gasteiger partial charge is 0.207 e. The molecule has 0 N–H and O–H groups in total. The highest BCUT2D eigenvalue weighted by atomic mass is 32.2. The van der Waals surface area contributed by atoms with Gasteiger partial charge >= 0.3 is 0 Å². The molecule has 1 aliphatic heterocycles. The van der Waals surface area contributed by atoms with Crippen LogP contribution in [-0.4, -0.2) is 25.8 Å². The van der Waals surface area contributed by atoms with Gasteiger partial charge in [-0.1, -0.05) is 13.0 Å². The van der Waals surface area contributed by atoms with Gasteiger partial charge in [-0.2, -0.15) is 4.31 Å². The molecule has 0 amide bonds. The van der Waals surface area contributed by atoms with Gasteiger partial charge in [-0.05, 0) is 55.9 Å². The minimum absolute atomic E-state index is 0.430. The topological polar surface area (TPSA) is 37.4 Å². The van der Waals surface area contributed by atoms with Gasteiger partial charge < -0.3 is 0 Å². The first-order valence-corrected chi connectivity index (χ1v) is 7.92. The number of sulfonamides is 1. The quantitative estimate of drug-likeness (QED) is 0.826. The number of hydrogen-bond donors (Lipinski definition) is 0. The molecule has 1 heterocycles. The largest absolute Gasteiger partial charge is 0.243 e. The van der Waals surface area contributed by atoms with Crippen LogP contribution in [-0.2, 0) is 10.0 Å². The minimum Gasteiger partial charge on any atom is -0.207 e. The molecule has 1 aromatic carbocycles. The van der Waals surface area contributed by atoms with E-state index < -0.39 is 10.0 Å². The molecule has 0 bridgehead atoms. The maximum Gasteiger partial charge on any atom is 0.243 e. The summed E-state index contributed by atoms with van der Waals surface area (Å²) < 4.78 is 26.7. The standard InChI is InChI=1S/C14H21NO2S/c1-11-5-4-8-15(10-11)18(16,17)14-7-6-12(2)13(3)9-14/h6-7,9,11H,4-5,8,10H2,1-3H3/t11-/m0/s1. The number of rotatable bonds is 2. The Bertz CT molecular complexity index is 537. The van der Waals surface area contributed by atoms with Crippen LogP contribution in [0, 0.1) is 19.8 Å². The van der Waals surface area contributed by atoms with E-state index in [0.717, 1.165) is 24.0 Å². The predicted molar refractivity (Wildman–Crippen MR) is 73.1 cm³/mol. The molecule has 3 nitrogen and oxygen atoms in total. The van der Waals surface area contributed by atoms with Crippen LogP contribution in [0.5, 0.6) is 0 Å². The van der Waals surface area contributed by atoms with Crippen molar-refractivity contribution in [3.8, 4) is 0 Å². The van der Waals surface area contributed by atoms with Gasteiger partial charge in [0.05, 0.1) is 4.90 Å². The van der Waals surface area contributed by atoms with E-state index in [9.17, 15) is 8.42 Å². The van der Waals surface area contributed by atoms with Crippen LogP contribution in [0.2, 0.25) is 0 Å². The highest BCUT2D eigenvalue weighted by Gasteiger charge is 2.28. The molecule has 2 rings (SSSR count). The van der Waals surface area contributed by atoms with E-state index in [1.165, 1.54) is 0 Å². The molecule has 0 aliphatic carbocycles. The second kappa shape index (κ2) is 5.02. The average Bonchev–Trinajstić information content (AvgIpc) is 2.32. The lowest BCUT2D eigenvalue weighted by Gasteiger charge is -2.30. The molecule has 1 aromatic rings. The van der Waals surface area contributed by atoms with Crippen LogP contribution in [0.4, 0.5) is 0 Å². The van der Waals surface area contributed by atoms with Crippen LogP contribution < -0.4 is 0 Å². The molecular weight excluding hydrogens is 246 g/mol. The normalized spacial score (nSPS) is 22.1. The van der Waals surface area contributed by atoms with Crippen molar-refractivity contribution in [2.24, 2.45) is 5.92 Å². The van der Waals surface area contributed by atoms with E-state index in [1.807, 2.05) is 19.9 Å². The Morgan fingerprint density at radius 1 is 1.22 bits per heavy atom. The Hall–Kier alpha value is -0.870. The van der Waals surface area contributed by atoms with Gasteiger partial charge in [-0.25, -0.2) is 8.42 Å². The van der Waals surface area contributed by atoms with Gasteiger partial charge in [0.2, 0.25) is 10.0 Å². The van der Waals surface area contributed by atoms with E-state index in [0.29, 0.717) is 23.9 Å². The third-order valence-electron chi connectivity index (χ3n) is 3.74. The summed E-state index contributed by atoms with van der Waals surface area (Å²) in [5.74, 6) is 0.458. The van der Waals surface area contributed by atoms with E-state index in [-0.39, 0.29) is 0 Å². The lowest BCUT2D eigenvalue weighted by atomic mass is 10.0. The number of benzene rings is 1. The van der Waals surface area contributed by atoms with Gasteiger partial charge in [0.25, 0.3) is 0 Å². The highest BCUT2D eigenvalue weighted by Crippen LogP contribution is 2.24. The number of aryl methyl sites for hydroxylation is 2. The van der Waals surface area contributed by atoms with Crippen molar-refractivity contribution in [2.45, 2.75) is 38.5 Å². The molecule has 18 heavy (non-hydrogen) atoms. The molecule has 0 radical (unpaired) electrons. The van der Waals surface area contributed by atoms with Gasteiger partial charge in [0.15, 0.2) is 0 Å². The molecule has 1 atom stereocenters. The summed E-state index contributed by atoms with van der Waals surface area (Å²) in [6, 6.07) is 5.39. The second-order valence-electron chi connectivity index (χ2n) is 5.36. The molecule has 4 heteroatoms. The van der Waals surface area contributed by atoms with Crippen molar-refractivity contribution in [3.63, 3.8) is 0 Å². The van der Waals surface area contributed by atoms with Crippen molar-refractivity contribution in [2.75, 3.05) is 13.1 Å². The third kappa shape index (κ3) is 2.59. The van der Waals surface area contributed by atoms with Crippen LogP contribution in [0.25, 0.3) is 0 Å². The van der Waals surface area contributed by atoms with E-state index in [1.54, 1.807) is 16.4 Å². The van der Waals surface area contributed by atoms with Crippen LogP contribution >= 0.6 is 0 Å². The molecule has 1 fully saturated rings. The first-order chi connectivity index (χ1) is 8.41. The van der Waals surface area contributed by atoms with Crippen LogP contribution in [0.15, 0.2) is 23.1 Å². The van der Waals surface area contributed by atoms with E-state index in [2.05, 4.69) is 6.92 Å². The Labute approximate surface area is 110 Å². The van der Waals surface area contributed by atoms with Crippen molar-refractivity contribution < 1.29 is 8.42 Å². The number of nitrogens with zero attached hydrogens (tertiary/aromatic N) is 1. The average molecular weight is 267 g/mol. The fourth-order valence-electron chi connectivity index (χ4n) is 2.39. The zero-order valence-electron chi connectivity index (χ0n) is 11.3. The maximum absolute atomic E-state index is 12.5. The summed E-state index contributed by atoms with van der Waals surface area (Å²) in [7, 11) is -3.30. The molecule has 1 saturated heterocycles. The fraction of sp³-hybridized carbons (Fsp3) is 0.571. The minimum atomic E-state index is -3.30. The Balaban J connectivity index is 2.32. The third-order valence-corrected chi connectivity index (χ3v) is 5.60. The Kier molecular flexibility index (Phi) is 3.78. The van der Waals surface area contributed by atoms with Crippen molar-refractivity contribution in [1.82, 2.24) is 4.31 Å². The molecule has 100 valence electrons. The zero-order valence-corrected chi connectivity index (χ0v) is 12.1. The maximum atomic E-state index is 12.5. The van der Waals surface area contributed by atoms with Crippen molar-refractivity contribution in [1.29, 1.82) is 0 Å². The Morgan fingerprint density at radius 3 is 2.56 bits per heavy atom. The second-order valence-corrected chi connectivity index (χ2v) is 7.29. The summed E-state index contributed by atoms with van der Waals surface area (Å²) in [4.78, 5) is 0.430. The molecule has 1 aliphatic rings. The van der Waals surface area contributed by atoms with E-state index in [4.69, 9.17) is 0 Å². The van der Waals surface area contributed by atoms with E-state index >= 15 is 0 Å². The predicted octanol–water partition coefficient (Wildman–Crippen LogP) is 2.72. The first kappa shape index (κ1) is 13.6. The molecule has 0 aromatic heterocycles. The summed E-state index contributed by atoms with van der Waals surface area (Å²) in [6.07, 6.45) is 2.09. The fourth-order valence-corrected chi connectivity index (χ4v) is 4.07. The van der Waals surface area contributed by atoms with Crippen LogP contribution in [0.3, 0.4) is 0 Å². The zero-order chi connectivity index (χ0) is 13.3. The lowest BCUT2D eigenvalue weighted by Crippen LogP contribution is -2.39. The van der Waals surface area contributed by atoms with Crippen molar-refractivity contribution in [3.05, 3.63) is 29.3 Å². The Morgan fingerprint density at radius 2 is 1.94 bits per heavy atom. The molecular formula is C14H21NO2S. The van der Waals surface area contributed by atoms with Crippen molar-refractivity contribution >= 4 is 10.0 Å². The van der Waals surface area contributed by atoms with Gasteiger partial charge in [-0.15, -0.1) is 0 Å². The highest BCUT2D eigenvalue weighted by molar-refractivity contribution is 7.89. The summed E-state index contributed by atoms with van der Waals surface area (Å²) in [5.41, 5.74) is 2.15. The lowest BCUT2D eigenvalue weighted by molar-refractivity contribution is 0.281.